The number of ketones is 1. The zero-order valence-corrected chi connectivity index (χ0v) is 13.8. The number of hydrogen-bond donors (Lipinski definition) is 2. The molecule has 0 aliphatic carbocycles. The van der Waals surface area contributed by atoms with Crippen LogP contribution < -0.4 is 5.73 Å². The summed E-state index contributed by atoms with van der Waals surface area (Å²) < 4.78 is 0. The minimum atomic E-state index is -0.219. The first-order chi connectivity index (χ1) is 10.9. The molecule has 1 aromatic carbocycles. The third kappa shape index (κ3) is 4.45. The van der Waals surface area contributed by atoms with Gasteiger partial charge in [0.2, 0.25) is 0 Å². The van der Waals surface area contributed by atoms with Crippen molar-refractivity contribution in [1.29, 1.82) is 0 Å². The van der Waals surface area contributed by atoms with Crippen molar-refractivity contribution in [3.05, 3.63) is 23.8 Å². The molecule has 6 nitrogen and oxygen atoms in total. The monoisotopic (exact) mass is 319 g/mol. The molecule has 1 heterocycles. The molecule has 0 aromatic heterocycles. The molecule has 0 saturated carbocycles. The van der Waals surface area contributed by atoms with Gasteiger partial charge in [-0.05, 0) is 18.1 Å². The summed E-state index contributed by atoms with van der Waals surface area (Å²) in [5.74, 6) is 0.236. The van der Waals surface area contributed by atoms with Gasteiger partial charge in [0, 0.05) is 32.6 Å². The highest BCUT2D eigenvalue weighted by Gasteiger charge is 2.25. The molecule has 1 saturated heterocycles. The summed E-state index contributed by atoms with van der Waals surface area (Å²) in [5.41, 5.74) is 6.07. The number of benzene rings is 1. The van der Waals surface area contributed by atoms with Crippen molar-refractivity contribution in [2.75, 3.05) is 38.5 Å². The van der Waals surface area contributed by atoms with E-state index in [1.165, 1.54) is 0 Å². The lowest BCUT2D eigenvalue weighted by atomic mass is 10.1. The molecule has 2 rings (SSSR count). The summed E-state index contributed by atoms with van der Waals surface area (Å²) >= 11 is 0. The van der Waals surface area contributed by atoms with E-state index in [4.69, 9.17) is 5.73 Å². The van der Waals surface area contributed by atoms with Crippen molar-refractivity contribution >= 4 is 17.4 Å². The maximum absolute atomic E-state index is 12.5. The molecule has 0 atom stereocenters. The van der Waals surface area contributed by atoms with Gasteiger partial charge in [0.15, 0.2) is 5.75 Å². The smallest absolute Gasteiger partial charge is 0.257 e. The minimum Gasteiger partial charge on any atom is -0.505 e. The van der Waals surface area contributed by atoms with Gasteiger partial charge in [0.05, 0.1) is 17.8 Å². The summed E-state index contributed by atoms with van der Waals surface area (Å²) in [4.78, 5) is 28.1. The molecule has 1 fully saturated rings. The predicted molar refractivity (Wildman–Crippen MR) is 89.3 cm³/mol. The molecular formula is C17H25N3O3. The zero-order valence-electron chi connectivity index (χ0n) is 13.8. The lowest BCUT2D eigenvalue weighted by Gasteiger charge is -2.34. The highest BCUT2D eigenvalue weighted by Crippen LogP contribution is 2.25. The number of nitrogens with two attached hydrogens (primary N) is 1. The van der Waals surface area contributed by atoms with Gasteiger partial charge in [-0.2, -0.15) is 0 Å². The number of carbonyl (C=O) groups excluding carboxylic acids is 2. The summed E-state index contributed by atoms with van der Waals surface area (Å²) in [6.45, 7) is 6.93. The number of Topliss-reactive ketones (excluding diaryl/α,β-unsaturated/α-hetero) is 1. The molecule has 1 aliphatic rings. The lowest BCUT2D eigenvalue weighted by Crippen LogP contribution is -2.50. The van der Waals surface area contributed by atoms with E-state index in [0.717, 1.165) is 0 Å². The van der Waals surface area contributed by atoms with Crippen LogP contribution in [0.3, 0.4) is 0 Å². The number of amides is 1. The highest BCUT2D eigenvalue weighted by molar-refractivity contribution is 5.98. The van der Waals surface area contributed by atoms with E-state index in [2.05, 4.69) is 4.90 Å². The van der Waals surface area contributed by atoms with Crippen LogP contribution in [0.1, 0.15) is 30.6 Å². The Morgan fingerprint density at radius 1 is 1.22 bits per heavy atom. The van der Waals surface area contributed by atoms with Crippen LogP contribution in [0.2, 0.25) is 0 Å². The third-order valence-corrected chi connectivity index (χ3v) is 3.99. The molecule has 126 valence electrons. The number of aromatic hydroxyl groups is 1. The second-order valence-corrected chi connectivity index (χ2v) is 6.45. The normalized spacial score (nSPS) is 15.9. The molecule has 0 radical (unpaired) electrons. The Kier molecular flexibility index (Phi) is 5.60. The average Bonchev–Trinajstić information content (AvgIpc) is 2.49. The van der Waals surface area contributed by atoms with Crippen LogP contribution in [0.15, 0.2) is 18.2 Å². The highest BCUT2D eigenvalue weighted by atomic mass is 16.3. The molecule has 1 aliphatic heterocycles. The first-order valence-corrected chi connectivity index (χ1v) is 7.99. The van der Waals surface area contributed by atoms with E-state index >= 15 is 0 Å². The summed E-state index contributed by atoms with van der Waals surface area (Å²) in [6, 6.07) is 4.79. The van der Waals surface area contributed by atoms with Crippen molar-refractivity contribution in [3.63, 3.8) is 0 Å². The van der Waals surface area contributed by atoms with Crippen LogP contribution >= 0.6 is 0 Å². The average molecular weight is 319 g/mol. The Balaban J connectivity index is 1.90. The number of phenols is 1. The molecule has 0 bridgehead atoms. The standard InChI is InChI=1S/C17H25N3O3/c1-12(2)10-13(21)11-19-6-8-20(9-7-19)17(23)14-4-3-5-15(18)16(14)22/h3-5,12,22H,6-11,18H2,1-2H3. The van der Waals surface area contributed by atoms with E-state index < -0.39 is 0 Å². The summed E-state index contributed by atoms with van der Waals surface area (Å²) in [7, 11) is 0. The Morgan fingerprint density at radius 2 is 1.87 bits per heavy atom. The van der Waals surface area contributed by atoms with E-state index in [0.29, 0.717) is 45.1 Å². The number of carbonyl (C=O) groups is 2. The maximum atomic E-state index is 12.5. The lowest BCUT2D eigenvalue weighted by molar-refractivity contribution is -0.121. The van der Waals surface area contributed by atoms with E-state index in [-0.39, 0.29) is 28.7 Å². The Bertz CT molecular complexity index is 578. The number of hydrogen-bond acceptors (Lipinski definition) is 5. The Labute approximate surface area is 136 Å². The van der Waals surface area contributed by atoms with Crippen LogP contribution in [-0.4, -0.2) is 59.3 Å². The van der Waals surface area contributed by atoms with Crippen LogP contribution in [0.5, 0.6) is 5.75 Å². The second-order valence-electron chi connectivity index (χ2n) is 6.45. The van der Waals surface area contributed by atoms with Gasteiger partial charge in [-0.1, -0.05) is 19.9 Å². The van der Waals surface area contributed by atoms with Gasteiger partial charge in [-0.3, -0.25) is 14.5 Å². The van der Waals surface area contributed by atoms with Crippen molar-refractivity contribution in [3.8, 4) is 5.75 Å². The molecule has 0 spiro atoms. The molecule has 1 amide bonds. The predicted octanol–water partition coefficient (Wildman–Crippen LogP) is 1.35. The first-order valence-electron chi connectivity index (χ1n) is 7.99. The number of anilines is 1. The van der Waals surface area contributed by atoms with Crippen molar-refractivity contribution in [2.45, 2.75) is 20.3 Å². The van der Waals surface area contributed by atoms with Gasteiger partial charge in [0.25, 0.3) is 5.91 Å². The summed E-state index contributed by atoms with van der Waals surface area (Å²) in [5, 5.41) is 9.93. The number of rotatable bonds is 5. The fraction of sp³-hybridized carbons (Fsp3) is 0.529. The SMILES string of the molecule is CC(C)CC(=O)CN1CCN(C(=O)c2cccc(N)c2O)CC1. The van der Waals surface area contributed by atoms with Gasteiger partial charge < -0.3 is 15.7 Å². The molecule has 1 aromatic rings. The quantitative estimate of drug-likeness (QED) is 0.632. The summed E-state index contributed by atoms with van der Waals surface area (Å²) in [6.07, 6.45) is 0.594. The molecule has 0 unspecified atom stereocenters. The maximum Gasteiger partial charge on any atom is 0.257 e. The molecule has 3 N–H and O–H groups in total. The molecule has 6 heteroatoms. The van der Waals surface area contributed by atoms with Crippen molar-refractivity contribution in [2.24, 2.45) is 5.92 Å². The number of nitrogens with zero attached hydrogens (tertiary/aromatic N) is 2. The van der Waals surface area contributed by atoms with Crippen LogP contribution in [0.25, 0.3) is 0 Å². The van der Waals surface area contributed by atoms with Gasteiger partial charge in [-0.25, -0.2) is 0 Å². The van der Waals surface area contributed by atoms with E-state index in [9.17, 15) is 14.7 Å². The molecule has 23 heavy (non-hydrogen) atoms. The Morgan fingerprint density at radius 3 is 2.48 bits per heavy atom. The van der Waals surface area contributed by atoms with Gasteiger partial charge >= 0.3 is 0 Å². The molecular weight excluding hydrogens is 294 g/mol. The fourth-order valence-electron chi connectivity index (χ4n) is 2.78. The minimum absolute atomic E-state index is 0.160. The van der Waals surface area contributed by atoms with Gasteiger partial charge in [0.1, 0.15) is 5.78 Å². The van der Waals surface area contributed by atoms with E-state index in [1.807, 2.05) is 13.8 Å². The van der Waals surface area contributed by atoms with Crippen LogP contribution in [-0.2, 0) is 4.79 Å². The number of nitrogen functional groups attached to an aromatic ring is 1. The number of phenolic OH excluding ortho intramolecular Hbond substituents is 1. The van der Waals surface area contributed by atoms with E-state index in [1.54, 1.807) is 23.1 Å². The largest absolute Gasteiger partial charge is 0.505 e. The number of piperazine rings is 1. The fourth-order valence-corrected chi connectivity index (χ4v) is 2.78. The number of para-hydroxylation sites is 1. The van der Waals surface area contributed by atoms with Crippen molar-refractivity contribution < 1.29 is 14.7 Å². The second kappa shape index (κ2) is 7.46. The van der Waals surface area contributed by atoms with Crippen LogP contribution in [0, 0.1) is 5.92 Å². The van der Waals surface area contributed by atoms with Crippen LogP contribution in [0.4, 0.5) is 5.69 Å². The van der Waals surface area contributed by atoms with Gasteiger partial charge in [-0.15, -0.1) is 0 Å². The third-order valence-electron chi connectivity index (χ3n) is 3.99. The topological polar surface area (TPSA) is 86.9 Å². The Hall–Kier alpha value is -2.08. The first kappa shape index (κ1) is 17.3. The van der Waals surface area contributed by atoms with Crippen molar-refractivity contribution in [1.82, 2.24) is 9.80 Å². The zero-order chi connectivity index (χ0) is 17.0.